The van der Waals surface area contributed by atoms with E-state index in [0.29, 0.717) is 10.6 Å². The summed E-state index contributed by atoms with van der Waals surface area (Å²) in [5, 5.41) is 0.639. The van der Waals surface area contributed by atoms with Gasteiger partial charge < -0.3 is 4.74 Å². The lowest BCUT2D eigenvalue weighted by molar-refractivity contribution is -0.144. The fourth-order valence-corrected chi connectivity index (χ4v) is 4.47. The fourth-order valence-electron chi connectivity index (χ4n) is 2.48. The molecule has 0 spiro atoms. The molecule has 0 fully saturated rings. The number of hydrogen-bond acceptors (Lipinski definition) is 7. The highest BCUT2D eigenvalue weighted by molar-refractivity contribution is 7.89. The molecule has 0 bridgehead atoms. The van der Waals surface area contributed by atoms with Gasteiger partial charge in [0.15, 0.2) is 5.78 Å². The van der Waals surface area contributed by atoms with Crippen molar-refractivity contribution < 1.29 is 22.7 Å². The number of ether oxygens (including phenoxy) is 1. The Morgan fingerprint density at radius 3 is 2.43 bits per heavy atom. The Morgan fingerprint density at radius 2 is 1.79 bits per heavy atom. The van der Waals surface area contributed by atoms with E-state index in [1.807, 2.05) is 24.3 Å². The molecule has 3 rings (SSSR count). The fraction of sp³-hybridized carbons (Fsp3) is 0.211. The van der Waals surface area contributed by atoms with Gasteiger partial charge in [0.1, 0.15) is 18.2 Å². The average molecular weight is 418 g/mol. The van der Waals surface area contributed by atoms with Gasteiger partial charge >= 0.3 is 5.97 Å². The molecule has 0 saturated carbocycles. The summed E-state index contributed by atoms with van der Waals surface area (Å²) >= 11 is 1.42. The Kier molecular flexibility index (Phi) is 5.87. The van der Waals surface area contributed by atoms with Crippen molar-refractivity contribution in [3.05, 3.63) is 59.1 Å². The second kappa shape index (κ2) is 8.17. The van der Waals surface area contributed by atoms with E-state index in [2.05, 4.69) is 4.98 Å². The zero-order valence-electron chi connectivity index (χ0n) is 15.3. The van der Waals surface area contributed by atoms with Gasteiger partial charge in [-0.2, -0.15) is 4.31 Å². The van der Waals surface area contributed by atoms with Gasteiger partial charge in [-0.1, -0.05) is 24.3 Å². The number of Topliss-reactive ketones (excluding diaryl/α,β-unsaturated/α-hetero) is 1. The van der Waals surface area contributed by atoms with Gasteiger partial charge in [0, 0.05) is 12.6 Å². The average Bonchev–Trinajstić information content (AvgIpc) is 3.09. The van der Waals surface area contributed by atoms with Crippen LogP contribution < -0.4 is 0 Å². The summed E-state index contributed by atoms with van der Waals surface area (Å²) in [5.74, 6) is -0.832. The quantitative estimate of drug-likeness (QED) is 0.433. The molecule has 0 radical (unpaired) electrons. The van der Waals surface area contributed by atoms with Gasteiger partial charge in [-0.25, -0.2) is 13.4 Å². The first-order valence-electron chi connectivity index (χ1n) is 8.35. The second-order valence-corrected chi connectivity index (χ2v) is 9.24. The first kappa shape index (κ1) is 20.1. The molecule has 1 aromatic heterocycles. The van der Waals surface area contributed by atoms with Crippen molar-refractivity contribution in [2.75, 3.05) is 13.6 Å². The number of carbonyl (C=O) groups is 2. The zero-order valence-corrected chi connectivity index (χ0v) is 16.9. The van der Waals surface area contributed by atoms with Crippen molar-refractivity contribution in [3.63, 3.8) is 0 Å². The molecule has 9 heteroatoms. The normalized spacial score (nSPS) is 11.7. The van der Waals surface area contributed by atoms with Gasteiger partial charge in [0.05, 0.1) is 15.1 Å². The number of para-hydroxylation sites is 1. The van der Waals surface area contributed by atoms with Crippen LogP contribution in [0.25, 0.3) is 10.2 Å². The summed E-state index contributed by atoms with van der Waals surface area (Å²) in [6.07, 6.45) is 0. The van der Waals surface area contributed by atoms with Crippen LogP contribution >= 0.6 is 11.3 Å². The molecule has 1 heterocycles. The minimum Gasteiger partial charge on any atom is -0.457 e. The Morgan fingerprint density at radius 1 is 1.11 bits per heavy atom. The second-order valence-electron chi connectivity index (χ2n) is 6.08. The maximum absolute atomic E-state index is 12.6. The maximum Gasteiger partial charge on any atom is 0.321 e. The van der Waals surface area contributed by atoms with Crippen molar-refractivity contribution in [3.8, 4) is 0 Å². The lowest BCUT2D eigenvalue weighted by Gasteiger charge is -2.16. The third kappa shape index (κ3) is 4.44. The lowest BCUT2D eigenvalue weighted by Crippen LogP contribution is -2.33. The zero-order chi connectivity index (χ0) is 20.3. The van der Waals surface area contributed by atoms with Crippen molar-refractivity contribution in [2.45, 2.75) is 18.4 Å². The monoisotopic (exact) mass is 418 g/mol. The molecule has 0 saturated heterocycles. The molecule has 28 heavy (non-hydrogen) atoms. The van der Waals surface area contributed by atoms with Crippen molar-refractivity contribution in [2.24, 2.45) is 0 Å². The van der Waals surface area contributed by atoms with E-state index in [0.717, 1.165) is 14.5 Å². The largest absolute Gasteiger partial charge is 0.457 e. The van der Waals surface area contributed by atoms with E-state index in [-0.39, 0.29) is 17.3 Å². The number of sulfonamides is 1. The number of esters is 1. The number of thiazole rings is 1. The van der Waals surface area contributed by atoms with E-state index in [1.165, 1.54) is 49.6 Å². The number of ketones is 1. The number of fused-ring (bicyclic) bond motifs is 1. The number of carbonyl (C=O) groups excluding carboxylic acids is 2. The first-order chi connectivity index (χ1) is 13.3. The maximum atomic E-state index is 12.6. The summed E-state index contributed by atoms with van der Waals surface area (Å²) in [4.78, 5) is 27.7. The Bertz CT molecular complexity index is 1090. The number of benzene rings is 2. The molecule has 146 valence electrons. The molecule has 0 aliphatic carbocycles. The summed E-state index contributed by atoms with van der Waals surface area (Å²) in [6, 6.07) is 13.1. The molecule has 2 aromatic carbocycles. The lowest BCUT2D eigenvalue weighted by atomic mass is 10.2. The van der Waals surface area contributed by atoms with Crippen molar-refractivity contribution >= 4 is 43.3 Å². The van der Waals surface area contributed by atoms with Gasteiger partial charge in [0.25, 0.3) is 0 Å². The van der Waals surface area contributed by atoms with Gasteiger partial charge in [-0.15, -0.1) is 11.3 Å². The third-order valence-corrected chi connectivity index (χ3v) is 6.84. The molecule has 0 unspecified atom stereocenters. The van der Waals surface area contributed by atoms with Crippen LogP contribution in [0, 0.1) is 0 Å². The van der Waals surface area contributed by atoms with Crippen LogP contribution in [0.5, 0.6) is 0 Å². The molecule has 0 atom stereocenters. The van der Waals surface area contributed by atoms with Crippen LogP contribution in [0.3, 0.4) is 0 Å². The molecule has 0 aliphatic heterocycles. The highest BCUT2D eigenvalue weighted by atomic mass is 32.2. The highest BCUT2D eigenvalue weighted by Crippen LogP contribution is 2.22. The smallest absolute Gasteiger partial charge is 0.321 e. The first-order valence-corrected chi connectivity index (χ1v) is 10.6. The number of aromatic nitrogens is 1. The van der Waals surface area contributed by atoms with Crippen LogP contribution in [0.2, 0.25) is 0 Å². The van der Waals surface area contributed by atoms with Crippen LogP contribution in [-0.2, 0) is 26.2 Å². The summed E-state index contributed by atoms with van der Waals surface area (Å²) in [6.45, 7) is 0.956. The van der Waals surface area contributed by atoms with E-state index < -0.39 is 22.5 Å². The van der Waals surface area contributed by atoms with Crippen LogP contribution in [-0.4, -0.2) is 43.1 Å². The summed E-state index contributed by atoms with van der Waals surface area (Å²) in [7, 11) is -2.57. The number of hydrogen-bond donors (Lipinski definition) is 0. The predicted molar refractivity (Wildman–Crippen MR) is 106 cm³/mol. The van der Waals surface area contributed by atoms with Crippen molar-refractivity contribution in [1.29, 1.82) is 0 Å². The summed E-state index contributed by atoms with van der Waals surface area (Å²) in [5.41, 5.74) is 1.24. The molecule has 0 N–H and O–H groups in total. The minimum absolute atomic E-state index is 0.000951. The minimum atomic E-state index is -3.87. The number of nitrogens with zero attached hydrogens (tertiary/aromatic N) is 2. The standard InChI is InChI=1S/C19H18N2O5S2/c1-13(22)14-7-9-15(10-8-14)28(24,25)21(2)11-19(23)26-12-18-20-16-5-3-4-6-17(16)27-18/h3-10H,11-12H2,1-2H3. The van der Waals surface area contributed by atoms with Gasteiger partial charge in [-0.3, -0.25) is 9.59 Å². The molecular formula is C19H18N2O5S2. The Labute approximate surface area is 166 Å². The van der Waals surface area contributed by atoms with E-state index >= 15 is 0 Å². The van der Waals surface area contributed by atoms with Crippen LogP contribution in [0.4, 0.5) is 0 Å². The van der Waals surface area contributed by atoms with E-state index in [1.54, 1.807) is 0 Å². The highest BCUT2D eigenvalue weighted by Gasteiger charge is 2.24. The van der Waals surface area contributed by atoms with Gasteiger partial charge in [0.2, 0.25) is 10.0 Å². The SMILES string of the molecule is CC(=O)c1ccc(S(=O)(=O)N(C)CC(=O)OCc2nc3ccccc3s2)cc1. The van der Waals surface area contributed by atoms with Gasteiger partial charge in [-0.05, 0) is 31.2 Å². The topological polar surface area (TPSA) is 93.6 Å². The molecule has 0 aliphatic rings. The molecule has 3 aromatic rings. The molecular weight excluding hydrogens is 400 g/mol. The van der Waals surface area contributed by atoms with Crippen LogP contribution in [0.15, 0.2) is 53.4 Å². The molecule has 0 amide bonds. The van der Waals surface area contributed by atoms with E-state index in [9.17, 15) is 18.0 Å². The summed E-state index contributed by atoms with van der Waals surface area (Å²) < 4.78 is 32.2. The van der Waals surface area contributed by atoms with E-state index in [4.69, 9.17) is 4.74 Å². The predicted octanol–water partition coefficient (Wildman–Crippen LogP) is 2.86. The number of rotatable bonds is 7. The van der Waals surface area contributed by atoms with Crippen LogP contribution in [0.1, 0.15) is 22.3 Å². The molecule has 7 nitrogen and oxygen atoms in total. The Balaban J connectivity index is 1.61. The third-order valence-electron chi connectivity index (χ3n) is 4.02. The Hall–Kier alpha value is -2.62. The van der Waals surface area contributed by atoms with Crippen molar-refractivity contribution in [1.82, 2.24) is 9.29 Å². The number of likely N-dealkylation sites (N-methyl/N-ethyl adjacent to an activating group) is 1.